The van der Waals surface area contributed by atoms with Crippen LogP contribution >= 0.6 is 0 Å². The van der Waals surface area contributed by atoms with Gasteiger partial charge in [0.2, 0.25) is 0 Å². The van der Waals surface area contributed by atoms with E-state index in [1.807, 2.05) is 6.92 Å². The molecule has 58 valence electrons. The highest BCUT2D eigenvalue weighted by molar-refractivity contribution is 4.96. The molecule has 1 rings (SSSR count). The van der Waals surface area contributed by atoms with Crippen LogP contribution in [0, 0.1) is 11.8 Å². The second-order valence-corrected chi connectivity index (χ2v) is 3.27. The zero-order valence-corrected chi connectivity index (χ0v) is 6.75. The number of hydrogen-bond acceptors (Lipinski definition) is 1. The average Bonchev–Trinajstić information content (AvgIpc) is 1.88. The first-order valence-corrected chi connectivity index (χ1v) is 4.06. The van der Waals surface area contributed by atoms with Crippen LogP contribution in [-0.2, 0) is 0 Å². The second-order valence-electron chi connectivity index (χ2n) is 3.27. The SMILES string of the molecule is CC(O)C1CCC=CC1C. The first-order valence-electron chi connectivity index (χ1n) is 4.06. The van der Waals surface area contributed by atoms with Crippen LogP contribution in [0.25, 0.3) is 0 Å². The molecule has 1 nitrogen and oxygen atoms in total. The quantitative estimate of drug-likeness (QED) is 0.552. The van der Waals surface area contributed by atoms with Crippen molar-refractivity contribution >= 4 is 0 Å². The summed E-state index contributed by atoms with van der Waals surface area (Å²) in [5.41, 5.74) is 0. The molecule has 0 saturated heterocycles. The predicted molar refractivity (Wildman–Crippen MR) is 42.7 cm³/mol. The Morgan fingerprint density at radius 1 is 1.60 bits per heavy atom. The smallest absolute Gasteiger partial charge is 0.0545 e. The highest BCUT2D eigenvalue weighted by atomic mass is 16.3. The van der Waals surface area contributed by atoms with Crippen molar-refractivity contribution in [1.29, 1.82) is 0 Å². The summed E-state index contributed by atoms with van der Waals surface area (Å²) >= 11 is 0. The molecule has 0 saturated carbocycles. The van der Waals surface area contributed by atoms with E-state index in [1.165, 1.54) is 0 Å². The third kappa shape index (κ3) is 1.60. The van der Waals surface area contributed by atoms with E-state index < -0.39 is 0 Å². The summed E-state index contributed by atoms with van der Waals surface area (Å²) in [6.07, 6.45) is 6.57. The Morgan fingerprint density at radius 3 is 2.70 bits per heavy atom. The minimum absolute atomic E-state index is 0.139. The Kier molecular flexibility index (Phi) is 2.50. The molecule has 1 aliphatic rings. The number of aliphatic hydroxyl groups is 1. The Morgan fingerprint density at radius 2 is 2.30 bits per heavy atom. The van der Waals surface area contributed by atoms with E-state index in [4.69, 9.17) is 0 Å². The molecule has 3 atom stereocenters. The summed E-state index contributed by atoms with van der Waals surface area (Å²) in [5.74, 6) is 1.05. The van der Waals surface area contributed by atoms with Gasteiger partial charge in [0.25, 0.3) is 0 Å². The Bertz CT molecular complexity index is 127. The molecule has 10 heavy (non-hydrogen) atoms. The topological polar surface area (TPSA) is 20.2 Å². The number of hydrogen-bond donors (Lipinski definition) is 1. The van der Waals surface area contributed by atoms with E-state index in [9.17, 15) is 5.11 Å². The molecule has 1 aliphatic carbocycles. The summed E-state index contributed by atoms with van der Waals surface area (Å²) in [7, 11) is 0. The third-order valence-electron chi connectivity index (χ3n) is 2.40. The van der Waals surface area contributed by atoms with Gasteiger partial charge in [-0.25, -0.2) is 0 Å². The highest BCUT2D eigenvalue weighted by Crippen LogP contribution is 2.26. The lowest BCUT2D eigenvalue weighted by Crippen LogP contribution is -2.24. The molecule has 0 bridgehead atoms. The molecular weight excluding hydrogens is 124 g/mol. The summed E-state index contributed by atoms with van der Waals surface area (Å²) in [4.78, 5) is 0. The van der Waals surface area contributed by atoms with Crippen molar-refractivity contribution in [2.24, 2.45) is 11.8 Å². The van der Waals surface area contributed by atoms with Crippen LogP contribution in [0.5, 0.6) is 0 Å². The highest BCUT2D eigenvalue weighted by Gasteiger charge is 2.21. The van der Waals surface area contributed by atoms with E-state index in [-0.39, 0.29) is 6.10 Å². The second kappa shape index (κ2) is 3.20. The maximum Gasteiger partial charge on any atom is 0.0545 e. The Hall–Kier alpha value is -0.300. The Balaban J connectivity index is 2.52. The maximum atomic E-state index is 9.31. The molecule has 0 aromatic heterocycles. The fourth-order valence-electron chi connectivity index (χ4n) is 1.69. The van der Waals surface area contributed by atoms with Gasteiger partial charge in [-0.1, -0.05) is 19.1 Å². The van der Waals surface area contributed by atoms with Gasteiger partial charge in [0.15, 0.2) is 0 Å². The summed E-state index contributed by atoms with van der Waals surface area (Å²) in [6, 6.07) is 0. The van der Waals surface area contributed by atoms with Crippen LogP contribution in [0.2, 0.25) is 0 Å². The number of aliphatic hydroxyl groups excluding tert-OH is 1. The number of rotatable bonds is 1. The molecular formula is C9H16O. The fourth-order valence-corrected chi connectivity index (χ4v) is 1.69. The molecule has 0 amide bonds. The van der Waals surface area contributed by atoms with Crippen LogP contribution in [-0.4, -0.2) is 11.2 Å². The van der Waals surface area contributed by atoms with Gasteiger partial charge in [-0.15, -0.1) is 0 Å². The van der Waals surface area contributed by atoms with E-state index in [2.05, 4.69) is 19.1 Å². The zero-order chi connectivity index (χ0) is 7.56. The standard InChI is InChI=1S/C9H16O/c1-7-5-3-4-6-9(7)8(2)10/h3,5,7-10H,4,6H2,1-2H3. The van der Waals surface area contributed by atoms with Gasteiger partial charge in [-0.2, -0.15) is 0 Å². The van der Waals surface area contributed by atoms with Gasteiger partial charge >= 0.3 is 0 Å². The van der Waals surface area contributed by atoms with Crippen molar-refractivity contribution in [2.75, 3.05) is 0 Å². The monoisotopic (exact) mass is 140 g/mol. The first-order chi connectivity index (χ1) is 4.72. The van der Waals surface area contributed by atoms with Crippen molar-refractivity contribution in [2.45, 2.75) is 32.8 Å². The zero-order valence-electron chi connectivity index (χ0n) is 6.75. The molecule has 0 fully saturated rings. The molecule has 1 heteroatoms. The van der Waals surface area contributed by atoms with Gasteiger partial charge in [-0.05, 0) is 31.6 Å². The van der Waals surface area contributed by atoms with Crippen molar-refractivity contribution in [3.8, 4) is 0 Å². The van der Waals surface area contributed by atoms with E-state index in [0.29, 0.717) is 11.8 Å². The Labute approximate surface area is 62.8 Å². The predicted octanol–water partition coefficient (Wildman–Crippen LogP) is 1.97. The summed E-state index contributed by atoms with van der Waals surface area (Å²) < 4.78 is 0. The molecule has 0 heterocycles. The van der Waals surface area contributed by atoms with Crippen LogP contribution in [0.4, 0.5) is 0 Å². The van der Waals surface area contributed by atoms with Gasteiger partial charge in [-0.3, -0.25) is 0 Å². The minimum atomic E-state index is -0.139. The lowest BCUT2D eigenvalue weighted by Gasteiger charge is -2.26. The normalized spacial score (nSPS) is 35.9. The summed E-state index contributed by atoms with van der Waals surface area (Å²) in [6.45, 7) is 4.06. The van der Waals surface area contributed by atoms with Crippen LogP contribution in [0.1, 0.15) is 26.7 Å². The van der Waals surface area contributed by atoms with Crippen molar-refractivity contribution < 1.29 is 5.11 Å². The lowest BCUT2D eigenvalue weighted by molar-refractivity contribution is 0.0966. The van der Waals surface area contributed by atoms with E-state index in [1.54, 1.807) is 0 Å². The first kappa shape index (κ1) is 7.80. The van der Waals surface area contributed by atoms with E-state index in [0.717, 1.165) is 12.8 Å². The molecule has 0 aromatic carbocycles. The van der Waals surface area contributed by atoms with Gasteiger partial charge < -0.3 is 5.11 Å². The van der Waals surface area contributed by atoms with Gasteiger partial charge in [0.05, 0.1) is 6.10 Å². The molecule has 0 aromatic rings. The maximum absolute atomic E-state index is 9.31. The largest absolute Gasteiger partial charge is 0.393 e. The van der Waals surface area contributed by atoms with E-state index >= 15 is 0 Å². The summed E-state index contributed by atoms with van der Waals surface area (Å²) in [5, 5.41) is 9.31. The fraction of sp³-hybridized carbons (Fsp3) is 0.778. The van der Waals surface area contributed by atoms with Crippen molar-refractivity contribution in [3.63, 3.8) is 0 Å². The average molecular weight is 140 g/mol. The molecule has 1 N–H and O–H groups in total. The molecule has 0 spiro atoms. The third-order valence-corrected chi connectivity index (χ3v) is 2.40. The van der Waals surface area contributed by atoms with Crippen LogP contribution < -0.4 is 0 Å². The number of allylic oxidation sites excluding steroid dienone is 2. The molecule has 0 radical (unpaired) electrons. The molecule has 3 unspecified atom stereocenters. The minimum Gasteiger partial charge on any atom is -0.393 e. The molecule has 0 aliphatic heterocycles. The van der Waals surface area contributed by atoms with Crippen molar-refractivity contribution in [1.82, 2.24) is 0 Å². The lowest BCUT2D eigenvalue weighted by atomic mass is 9.82. The van der Waals surface area contributed by atoms with Gasteiger partial charge in [0.1, 0.15) is 0 Å². The van der Waals surface area contributed by atoms with Crippen LogP contribution in [0.15, 0.2) is 12.2 Å². The van der Waals surface area contributed by atoms with Gasteiger partial charge in [0, 0.05) is 0 Å². The van der Waals surface area contributed by atoms with Crippen molar-refractivity contribution in [3.05, 3.63) is 12.2 Å². The van der Waals surface area contributed by atoms with Crippen LogP contribution in [0.3, 0.4) is 0 Å².